The van der Waals surface area contributed by atoms with Gasteiger partial charge in [-0.3, -0.25) is 9.69 Å². The highest BCUT2D eigenvalue weighted by Crippen LogP contribution is 2.27. The number of nitrogens with zero attached hydrogens (tertiary/aromatic N) is 1. The van der Waals surface area contributed by atoms with Crippen molar-refractivity contribution in [2.75, 3.05) is 32.6 Å². The molecule has 0 spiro atoms. The van der Waals surface area contributed by atoms with Crippen molar-refractivity contribution in [3.05, 3.63) is 18.2 Å². The number of benzene rings is 1. The van der Waals surface area contributed by atoms with Crippen LogP contribution in [0.4, 0.5) is 5.69 Å². The summed E-state index contributed by atoms with van der Waals surface area (Å²) in [5, 5.41) is 12.8. The lowest BCUT2D eigenvalue weighted by molar-refractivity contribution is -0.143. The van der Waals surface area contributed by atoms with E-state index in [1.165, 1.54) is 0 Å². The highest BCUT2D eigenvalue weighted by molar-refractivity contribution is 5.73. The summed E-state index contributed by atoms with van der Waals surface area (Å²) in [4.78, 5) is 13.4. The van der Waals surface area contributed by atoms with Crippen molar-refractivity contribution in [1.82, 2.24) is 4.90 Å². The number of carbonyl (C=O) groups is 1. The summed E-state index contributed by atoms with van der Waals surface area (Å²) in [5.41, 5.74) is 0.927. The second-order valence-corrected chi connectivity index (χ2v) is 5.84. The molecular formula is C17H26N2O4. The lowest BCUT2D eigenvalue weighted by atomic mass is 10.0. The van der Waals surface area contributed by atoms with E-state index in [9.17, 15) is 9.90 Å². The van der Waals surface area contributed by atoms with Gasteiger partial charge in [-0.2, -0.15) is 0 Å². The fourth-order valence-electron chi connectivity index (χ4n) is 3.12. The molecule has 0 aliphatic carbocycles. The second kappa shape index (κ2) is 8.06. The van der Waals surface area contributed by atoms with Crippen LogP contribution in [0.5, 0.6) is 11.5 Å². The van der Waals surface area contributed by atoms with Gasteiger partial charge >= 0.3 is 5.97 Å². The molecule has 0 bridgehead atoms. The van der Waals surface area contributed by atoms with Crippen LogP contribution in [0.15, 0.2) is 18.2 Å². The summed E-state index contributed by atoms with van der Waals surface area (Å²) in [7, 11) is 3.25. The molecule has 1 aliphatic rings. The number of aliphatic carboxylic acids is 1. The minimum absolute atomic E-state index is 0.217. The molecule has 6 nitrogen and oxygen atoms in total. The first-order chi connectivity index (χ1) is 11.1. The number of piperidine rings is 1. The molecular weight excluding hydrogens is 296 g/mol. The number of rotatable bonds is 7. The molecule has 2 N–H and O–H groups in total. The van der Waals surface area contributed by atoms with Crippen molar-refractivity contribution in [3.63, 3.8) is 0 Å². The van der Waals surface area contributed by atoms with Gasteiger partial charge in [-0.25, -0.2) is 0 Å². The van der Waals surface area contributed by atoms with Gasteiger partial charge in [0.15, 0.2) is 0 Å². The van der Waals surface area contributed by atoms with Crippen LogP contribution in [-0.2, 0) is 4.79 Å². The summed E-state index contributed by atoms with van der Waals surface area (Å²) in [6, 6.07) is 5.50. The highest BCUT2D eigenvalue weighted by atomic mass is 16.5. The van der Waals surface area contributed by atoms with Crippen molar-refractivity contribution < 1.29 is 19.4 Å². The van der Waals surface area contributed by atoms with Crippen LogP contribution in [0.3, 0.4) is 0 Å². The summed E-state index contributed by atoms with van der Waals surface area (Å²) >= 11 is 0. The average molecular weight is 322 g/mol. The Morgan fingerprint density at radius 1 is 1.35 bits per heavy atom. The Morgan fingerprint density at radius 2 is 2.00 bits per heavy atom. The van der Waals surface area contributed by atoms with Gasteiger partial charge in [-0.1, -0.05) is 6.92 Å². The normalized spacial score (nSPS) is 19.9. The fourth-order valence-corrected chi connectivity index (χ4v) is 3.12. The van der Waals surface area contributed by atoms with E-state index in [2.05, 4.69) is 10.2 Å². The maximum atomic E-state index is 11.4. The number of carboxylic acids is 1. The zero-order chi connectivity index (χ0) is 16.8. The minimum atomic E-state index is -0.740. The number of methoxy groups -OCH3 is 2. The maximum absolute atomic E-state index is 11.4. The van der Waals surface area contributed by atoms with Crippen molar-refractivity contribution in [2.24, 2.45) is 0 Å². The third kappa shape index (κ3) is 4.51. The zero-order valence-electron chi connectivity index (χ0n) is 14.0. The van der Waals surface area contributed by atoms with Gasteiger partial charge in [-0.05, 0) is 25.8 Å². The van der Waals surface area contributed by atoms with Crippen LogP contribution in [0, 0.1) is 0 Å². The third-order valence-electron chi connectivity index (χ3n) is 4.29. The van der Waals surface area contributed by atoms with Crippen LogP contribution in [0.25, 0.3) is 0 Å². The molecule has 0 amide bonds. The van der Waals surface area contributed by atoms with Gasteiger partial charge in [0.05, 0.1) is 14.2 Å². The van der Waals surface area contributed by atoms with Crippen LogP contribution in [0.2, 0.25) is 0 Å². The number of carboxylic acid groups (broad SMARTS) is 1. The Labute approximate surface area is 137 Å². The van der Waals surface area contributed by atoms with Gasteiger partial charge in [-0.15, -0.1) is 0 Å². The molecule has 2 rings (SSSR count). The molecule has 1 aromatic rings. The lowest BCUT2D eigenvalue weighted by Gasteiger charge is -2.36. The highest BCUT2D eigenvalue weighted by Gasteiger charge is 2.29. The van der Waals surface area contributed by atoms with Gasteiger partial charge in [0.2, 0.25) is 0 Å². The van der Waals surface area contributed by atoms with Crippen LogP contribution in [0.1, 0.15) is 26.2 Å². The molecule has 0 aromatic heterocycles. The summed E-state index contributed by atoms with van der Waals surface area (Å²) in [6.45, 7) is 3.48. The second-order valence-electron chi connectivity index (χ2n) is 5.84. The number of anilines is 1. The number of nitrogens with one attached hydrogen (secondary N) is 1. The van der Waals surface area contributed by atoms with Crippen LogP contribution < -0.4 is 14.8 Å². The van der Waals surface area contributed by atoms with Crippen molar-refractivity contribution in [3.8, 4) is 11.5 Å². The monoisotopic (exact) mass is 322 g/mol. The topological polar surface area (TPSA) is 71.0 Å². The number of hydrogen-bond acceptors (Lipinski definition) is 5. The van der Waals surface area contributed by atoms with Gasteiger partial charge in [0.25, 0.3) is 0 Å². The fraction of sp³-hybridized carbons (Fsp3) is 0.588. The molecule has 0 radical (unpaired) electrons. The van der Waals surface area contributed by atoms with Crippen LogP contribution in [-0.4, -0.2) is 55.4 Å². The molecule has 2 atom stereocenters. The summed E-state index contributed by atoms with van der Waals surface area (Å²) in [5.74, 6) is 0.726. The third-order valence-corrected chi connectivity index (χ3v) is 4.29. The maximum Gasteiger partial charge on any atom is 0.320 e. The van der Waals surface area contributed by atoms with Crippen molar-refractivity contribution in [1.29, 1.82) is 0 Å². The van der Waals surface area contributed by atoms with E-state index in [1.54, 1.807) is 14.2 Å². The first-order valence-electron chi connectivity index (χ1n) is 8.03. The van der Waals surface area contributed by atoms with Gasteiger partial charge < -0.3 is 19.9 Å². The first-order valence-corrected chi connectivity index (χ1v) is 8.03. The van der Waals surface area contributed by atoms with E-state index in [4.69, 9.17) is 9.47 Å². The van der Waals surface area contributed by atoms with E-state index in [0.717, 1.165) is 43.1 Å². The molecule has 128 valence electrons. The average Bonchev–Trinajstić information content (AvgIpc) is 2.55. The Kier molecular flexibility index (Phi) is 6.10. The summed E-state index contributed by atoms with van der Waals surface area (Å²) < 4.78 is 10.6. The van der Waals surface area contributed by atoms with E-state index in [0.29, 0.717) is 6.42 Å². The largest absolute Gasteiger partial charge is 0.497 e. The molecule has 1 aliphatic heterocycles. The number of hydrogen-bond donors (Lipinski definition) is 2. The number of likely N-dealkylation sites (tertiary alicyclic amines) is 1. The van der Waals surface area contributed by atoms with E-state index >= 15 is 0 Å². The van der Waals surface area contributed by atoms with E-state index < -0.39 is 12.0 Å². The van der Waals surface area contributed by atoms with E-state index in [1.807, 2.05) is 25.1 Å². The van der Waals surface area contributed by atoms with Crippen molar-refractivity contribution in [2.45, 2.75) is 38.3 Å². The number of ether oxygens (including phenoxy) is 2. The molecule has 1 fully saturated rings. The lowest BCUT2D eigenvalue weighted by Crippen LogP contribution is -2.49. The molecule has 0 unspecified atom stereocenters. The molecule has 23 heavy (non-hydrogen) atoms. The zero-order valence-corrected chi connectivity index (χ0v) is 14.0. The Balaban J connectivity index is 2.06. The van der Waals surface area contributed by atoms with Crippen molar-refractivity contribution >= 4 is 11.7 Å². The van der Waals surface area contributed by atoms with Gasteiger partial charge in [0.1, 0.15) is 17.5 Å². The van der Waals surface area contributed by atoms with Crippen LogP contribution >= 0.6 is 0 Å². The quantitative estimate of drug-likeness (QED) is 0.803. The molecule has 1 saturated heterocycles. The molecule has 1 aromatic carbocycles. The predicted molar refractivity (Wildman–Crippen MR) is 89.5 cm³/mol. The SMILES string of the molecule is CC[C@H](C(=O)O)N1CCC[C@@H](Nc2cc(OC)cc(OC)c2)C1. The first kappa shape index (κ1) is 17.4. The predicted octanol–water partition coefficient (Wildman–Crippen LogP) is 2.44. The Bertz CT molecular complexity index is 513. The molecule has 0 saturated carbocycles. The molecule has 1 heterocycles. The minimum Gasteiger partial charge on any atom is -0.497 e. The molecule has 6 heteroatoms. The van der Waals surface area contributed by atoms with Gasteiger partial charge in [0, 0.05) is 36.5 Å². The Morgan fingerprint density at radius 3 is 2.52 bits per heavy atom. The Hall–Kier alpha value is -1.95. The standard InChI is InChI=1S/C17H26N2O4/c1-4-16(17(20)21)19-7-5-6-12(11-19)18-13-8-14(22-2)10-15(9-13)23-3/h8-10,12,16,18H,4-7,11H2,1-3H3,(H,20,21)/t12-,16-/m1/s1. The van der Waals surface area contributed by atoms with E-state index in [-0.39, 0.29) is 6.04 Å². The summed E-state index contributed by atoms with van der Waals surface area (Å²) in [6.07, 6.45) is 2.63. The smallest absolute Gasteiger partial charge is 0.320 e.